The fraction of sp³-hybridized carbons (Fsp3) is 0.769. The minimum atomic E-state index is 0.360. The van der Waals surface area contributed by atoms with Gasteiger partial charge in [-0.1, -0.05) is 231 Å². The zero-order valence-corrected chi connectivity index (χ0v) is 37.9. The first kappa shape index (κ1) is 49.6. The summed E-state index contributed by atoms with van der Waals surface area (Å²) in [4.78, 5) is 0. The van der Waals surface area contributed by atoms with Crippen molar-refractivity contribution in [2.75, 3.05) is 19.4 Å². The molecule has 0 amide bonds. The van der Waals surface area contributed by atoms with E-state index in [0.29, 0.717) is 5.92 Å². The Balaban J connectivity index is 1.57. The summed E-state index contributed by atoms with van der Waals surface area (Å²) in [5.74, 6) is 2.40. The first-order valence-electron chi connectivity index (χ1n) is 24.4. The van der Waals surface area contributed by atoms with Crippen LogP contribution < -0.4 is 9.47 Å². The molecule has 2 rings (SSSR count). The van der Waals surface area contributed by atoms with Gasteiger partial charge >= 0.3 is 0 Å². The highest BCUT2D eigenvalue weighted by molar-refractivity contribution is 7.16. The average molecular weight is 779 g/mol. The largest absolute Gasteiger partial charge is 0.494 e. The van der Waals surface area contributed by atoms with Gasteiger partial charge in [0.2, 0.25) is 0 Å². The molecule has 0 saturated heterocycles. The lowest BCUT2D eigenvalue weighted by Crippen LogP contribution is -2.04. The van der Waals surface area contributed by atoms with E-state index < -0.39 is 0 Å². The smallest absolute Gasteiger partial charge is 0.119 e. The van der Waals surface area contributed by atoms with E-state index in [2.05, 4.69) is 71.6 Å². The number of hydrogen-bond acceptors (Lipinski definition) is 2. The van der Waals surface area contributed by atoms with Crippen LogP contribution in [0.5, 0.6) is 11.5 Å². The molecule has 0 bridgehead atoms. The molecule has 0 saturated carbocycles. The Morgan fingerprint density at radius 3 is 0.964 bits per heavy atom. The Morgan fingerprint density at radius 1 is 0.382 bits per heavy atom. The second-order valence-corrected chi connectivity index (χ2v) is 17.5. The minimum absolute atomic E-state index is 0.360. The van der Waals surface area contributed by atoms with E-state index in [1.807, 2.05) is 0 Å². The molecular formula is C52H91O2P. The van der Waals surface area contributed by atoms with Crippen molar-refractivity contribution < 1.29 is 9.47 Å². The molecule has 0 spiro atoms. The third-order valence-electron chi connectivity index (χ3n) is 11.8. The maximum Gasteiger partial charge on any atom is 0.119 e. The summed E-state index contributed by atoms with van der Waals surface area (Å²) in [5, 5.41) is 0. The molecule has 2 aromatic rings. The lowest BCUT2D eigenvalue weighted by Gasteiger charge is -2.20. The van der Waals surface area contributed by atoms with Crippen LogP contribution in [-0.4, -0.2) is 19.4 Å². The summed E-state index contributed by atoms with van der Waals surface area (Å²) in [6, 6.07) is 17.8. The van der Waals surface area contributed by atoms with Crippen molar-refractivity contribution in [3.8, 4) is 11.5 Å². The van der Waals surface area contributed by atoms with Crippen LogP contribution in [0, 0.1) is 0 Å². The van der Waals surface area contributed by atoms with Crippen LogP contribution in [0.1, 0.15) is 249 Å². The van der Waals surface area contributed by atoms with Crippen LogP contribution in [-0.2, 0) is 0 Å². The zero-order valence-electron chi connectivity index (χ0n) is 36.8. The van der Waals surface area contributed by atoms with Crippen LogP contribution in [0.15, 0.2) is 48.5 Å². The predicted molar refractivity (Wildman–Crippen MR) is 249 cm³/mol. The molecule has 1 atom stereocenters. The molecule has 0 N–H and O–H groups in total. The van der Waals surface area contributed by atoms with Crippen LogP contribution in [0.3, 0.4) is 0 Å². The Hall–Kier alpha value is -1.53. The van der Waals surface area contributed by atoms with Gasteiger partial charge in [-0.3, -0.25) is 0 Å². The highest BCUT2D eigenvalue weighted by atomic mass is 31.0. The van der Waals surface area contributed by atoms with Gasteiger partial charge in [0.1, 0.15) is 11.5 Å². The summed E-state index contributed by atoms with van der Waals surface area (Å²) < 4.78 is 12.6. The third-order valence-corrected chi connectivity index (χ3v) is 12.2. The maximum absolute atomic E-state index is 6.29. The van der Waals surface area contributed by atoms with Crippen LogP contribution >= 0.6 is 9.24 Å². The number of benzene rings is 2. The van der Waals surface area contributed by atoms with Crippen molar-refractivity contribution in [3.05, 3.63) is 59.7 Å². The SMILES string of the molecule is CCCCCCCCCCCCCCCCCCOc1cccc(C(CCCP)c2cccc(OCCCCCCCCCCCCCCCCCC)c2)c1. The lowest BCUT2D eigenvalue weighted by atomic mass is 9.87. The van der Waals surface area contributed by atoms with E-state index in [1.165, 1.54) is 210 Å². The minimum Gasteiger partial charge on any atom is -0.494 e. The molecule has 0 aliphatic carbocycles. The molecule has 2 nitrogen and oxygen atoms in total. The highest BCUT2D eigenvalue weighted by Gasteiger charge is 2.16. The van der Waals surface area contributed by atoms with Crippen molar-refractivity contribution in [2.24, 2.45) is 0 Å². The maximum atomic E-state index is 6.29. The molecule has 0 heterocycles. The second kappa shape index (κ2) is 38.0. The van der Waals surface area contributed by atoms with Crippen molar-refractivity contribution in [1.29, 1.82) is 0 Å². The monoisotopic (exact) mass is 779 g/mol. The molecular weight excluding hydrogens is 688 g/mol. The summed E-state index contributed by atoms with van der Waals surface area (Å²) >= 11 is 0. The zero-order chi connectivity index (χ0) is 39.1. The topological polar surface area (TPSA) is 18.5 Å². The first-order chi connectivity index (χ1) is 27.3. The van der Waals surface area contributed by atoms with E-state index in [9.17, 15) is 0 Å². The van der Waals surface area contributed by atoms with E-state index in [1.54, 1.807) is 0 Å². The van der Waals surface area contributed by atoms with Gasteiger partial charge in [0.25, 0.3) is 0 Å². The van der Waals surface area contributed by atoms with Gasteiger partial charge in [-0.25, -0.2) is 0 Å². The quantitative estimate of drug-likeness (QED) is 0.0494. The molecule has 0 aliphatic rings. The van der Waals surface area contributed by atoms with Crippen LogP contribution in [0.2, 0.25) is 0 Å². The van der Waals surface area contributed by atoms with E-state index in [0.717, 1.165) is 50.1 Å². The summed E-state index contributed by atoms with van der Waals surface area (Å²) in [6.07, 6.45) is 48.2. The number of unbranched alkanes of at least 4 members (excludes halogenated alkanes) is 30. The Bertz CT molecular complexity index is 1000. The average Bonchev–Trinajstić information content (AvgIpc) is 3.20. The normalized spacial score (nSPS) is 11.5. The predicted octanol–water partition coefficient (Wildman–Crippen LogP) is 17.8. The van der Waals surface area contributed by atoms with Gasteiger partial charge in [-0.2, -0.15) is 0 Å². The van der Waals surface area contributed by atoms with Gasteiger partial charge in [-0.15, -0.1) is 9.24 Å². The number of ether oxygens (including phenoxy) is 2. The van der Waals surface area contributed by atoms with Crippen LogP contribution in [0.4, 0.5) is 0 Å². The molecule has 0 aromatic heterocycles. The van der Waals surface area contributed by atoms with Crippen LogP contribution in [0.25, 0.3) is 0 Å². The summed E-state index contributed by atoms with van der Waals surface area (Å²) in [6.45, 7) is 6.24. The third kappa shape index (κ3) is 28.5. The van der Waals surface area contributed by atoms with Gasteiger partial charge in [0.15, 0.2) is 0 Å². The van der Waals surface area contributed by atoms with Crippen molar-refractivity contribution >= 4 is 9.24 Å². The number of rotatable bonds is 41. The van der Waals surface area contributed by atoms with Crippen molar-refractivity contribution in [1.82, 2.24) is 0 Å². The lowest BCUT2D eigenvalue weighted by molar-refractivity contribution is 0.303. The summed E-state index contributed by atoms with van der Waals surface area (Å²) in [5.41, 5.74) is 2.72. The number of hydrogen-bond donors (Lipinski definition) is 0. The van der Waals surface area contributed by atoms with Gasteiger partial charge in [-0.05, 0) is 67.2 Å². The van der Waals surface area contributed by atoms with E-state index in [-0.39, 0.29) is 0 Å². The van der Waals surface area contributed by atoms with Crippen molar-refractivity contribution in [3.63, 3.8) is 0 Å². The Kier molecular flexibility index (Phi) is 34.3. The standard InChI is InChI=1S/C52H91O2P/c1-3-5-7-9-11-13-15-17-19-21-23-25-27-29-31-33-43-53-50-40-35-38-48(46-50)52(42-37-45-55)49-39-36-41-51(47-49)54-44-34-32-30-28-26-24-22-20-18-16-14-12-10-8-6-4-2/h35-36,38-41,46-47,52H,3-34,37,42-45,55H2,1-2H3. The highest BCUT2D eigenvalue weighted by Crippen LogP contribution is 2.33. The fourth-order valence-electron chi connectivity index (χ4n) is 8.17. The summed E-state index contributed by atoms with van der Waals surface area (Å²) in [7, 11) is 2.91. The van der Waals surface area contributed by atoms with Gasteiger partial charge in [0.05, 0.1) is 13.2 Å². The Labute approximate surface area is 346 Å². The van der Waals surface area contributed by atoms with E-state index >= 15 is 0 Å². The Morgan fingerprint density at radius 2 is 0.673 bits per heavy atom. The molecule has 1 unspecified atom stereocenters. The van der Waals surface area contributed by atoms with Gasteiger partial charge in [0, 0.05) is 5.92 Å². The molecule has 0 fully saturated rings. The molecule has 2 aromatic carbocycles. The van der Waals surface area contributed by atoms with Crippen molar-refractivity contribution in [2.45, 2.75) is 238 Å². The molecule has 3 heteroatoms. The van der Waals surface area contributed by atoms with E-state index in [4.69, 9.17) is 9.47 Å². The molecule has 0 radical (unpaired) electrons. The van der Waals surface area contributed by atoms with Gasteiger partial charge < -0.3 is 9.47 Å². The first-order valence-corrected chi connectivity index (χ1v) is 25.3. The molecule has 316 valence electrons. The molecule has 55 heavy (non-hydrogen) atoms. The fourth-order valence-corrected chi connectivity index (χ4v) is 8.41. The molecule has 0 aliphatic heterocycles. The second-order valence-electron chi connectivity index (χ2n) is 16.9.